The van der Waals surface area contributed by atoms with Crippen molar-refractivity contribution in [2.75, 3.05) is 6.54 Å². The average molecular weight is 325 g/mol. The minimum atomic E-state index is -3.45. The maximum absolute atomic E-state index is 12.3. The predicted octanol–water partition coefficient (Wildman–Crippen LogP) is 1.86. The van der Waals surface area contributed by atoms with Crippen molar-refractivity contribution in [1.82, 2.24) is 9.29 Å². The van der Waals surface area contributed by atoms with Crippen LogP contribution < -0.4 is 10.5 Å². The molecular weight excluding hydrogens is 306 g/mol. The number of aromatic nitrogens is 1. The van der Waals surface area contributed by atoms with Crippen LogP contribution in [0.5, 0.6) is 0 Å². The van der Waals surface area contributed by atoms with Gasteiger partial charge in [-0.2, -0.15) is 11.3 Å². The first kappa shape index (κ1) is 14.8. The topological polar surface area (TPSA) is 77.1 Å². The Morgan fingerprint density at radius 3 is 2.86 bits per heavy atom. The third-order valence-corrected chi connectivity index (χ3v) is 5.81. The minimum absolute atomic E-state index is 0.320. The van der Waals surface area contributed by atoms with E-state index in [-0.39, 0.29) is 0 Å². The van der Waals surface area contributed by atoms with Gasteiger partial charge in [0.05, 0.1) is 4.90 Å². The lowest BCUT2D eigenvalue weighted by Gasteiger charge is -2.04. The highest BCUT2D eigenvalue weighted by atomic mass is 32.2. The summed E-state index contributed by atoms with van der Waals surface area (Å²) in [4.78, 5) is 0.320. The first-order valence-electron chi connectivity index (χ1n) is 7.02. The average Bonchev–Trinajstić information content (AvgIpc) is 3.00. The van der Waals surface area contributed by atoms with Crippen LogP contribution in [0.25, 0.3) is 0 Å². The molecule has 0 bridgehead atoms. The highest BCUT2D eigenvalue weighted by Crippen LogP contribution is 2.37. The van der Waals surface area contributed by atoms with Crippen LogP contribution in [0.2, 0.25) is 0 Å². The molecule has 0 aliphatic heterocycles. The van der Waals surface area contributed by atoms with Gasteiger partial charge in [0.1, 0.15) is 0 Å². The fourth-order valence-corrected chi connectivity index (χ4v) is 4.13. The monoisotopic (exact) mass is 325 g/mol. The van der Waals surface area contributed by atoms with Gasteiger partial charge in [0.15, 0.2) is 0 Å². The maximum Gasteiger partial charge on any atom is 0.242 e. The van der Waals surface area contributed by atoms with E-state index in [1.165, 1.54) is 0 Å². The van der Waals surface area contributed by atoms with Crippen molar-refractivity contribution in [3.05, 3.63) is 40.3 Å². The first-order valence-corrected chi connectivity index (χ1v) is 9.44. The van der Waals surface area contributed by atoms with E-state index in [9.17, 15) is 8.42 Å². The van der Waals surface area contributed by atoms with Gasteiger partial charge < -0.3 is 10.3 Å². The van der Waals surface area contributed by atoms with Gasteiger partial charge >= 0.3 is 0 Å². The van der Waals surface area contributed by atoms with Gasteiger partial charge in [0.2, 0.25) is 10.0 Å². The molecule has 0 atom stereocenters. The fourth-order valence-electron chi connectivity index (χ4n) is 2.35. The number of hydrogen-bond donors (Lipinski definition) is 2. The van der Waals surface area contributed by atoms with E-state index in [0.29, 0.717) is 30.4 Å². The molecule has 21 heavy (non-hydrogen) atoms. The lowest BCUT2D eigenvalue weighted by atomic mass is 10.2. The molecule has 0 aromatic carbocycles. The highest BCUT2D eigenvalue weighted by molar-refractivity contribution is 7.89. The second-order valence-corrected chi connectivity index (χ2v) is 7.84. The van der Waals surface area contributed by atoms with Crippen molar-refractivity contribution in [1.29, 1.82) is 0 Å². The minimum Gasteiger partial charge on any atom is -0.346 e. The molecule has 1 aliphatic rings. The summed E-state index contributed by atoms with van der Waals surface area (Å²) in [6.07, 6.45) is 4.63. The second-order valence-electron chi connectivity index (χ2n) is 5.29. The Kier molecular flexibility index (Phi) is 4.17. The van der Waals surface area contributed by atoms with Crippen LogP contribution in [0, 0.1) is 0 Å². The van der Waals surface area contributed by atoms with Gasteiger partial charge in [-0.05, 0) is 47.7 Å². The van der Waals surface area contributed by atoms with Crippen LogP contribution in [0.1, 0.15) is 30.1 Å². The van der Waals surface area contributed by atoms with Crippen LogP contribution in [0.15, 0.2) is 34.0 Å². The van der Waals surface area contributed by atoms with Gasteiger partial charge in [0, 0.05) is 31.0 Å². The van der Waals surface area contributed by atoms with Crippen LogP contribution >= 0.6 is 11.3 Å². The Balaban J connectivity index is 1.69. The zero-order valence-electron chi connectivity index (χ0n) is 11.7. The molecular formula is C14H19N3O2S2. The van der Waals surface area contributed by atoms with Crippen molar-refractivity contribution in [2.24, 2.45) is 5.73 Å². The molecule has 2 aromatic heterocycles. The third-order valence-electron chi connectivity index (χ3n) is 3.65. The smallest absolute Gasteiger partial charge is 0.242 e. The van der Waals surface area contributed by atoms with Gasteiger partial charge in [-0.3, -0.25) is 0 Å². The molecule has 5 nitrogen and oxygen atoms in total. The summed E-state index contributed by atoms with van der Waals surface area (Å²) in [5.41, 5.74) is 7.74. The molecule has 3 N–H and O–H groups in total. The van der Waals surface area contributed by atoms with Crippen molar-refractivity contribution < 1.29 is 8.42 Å². The van der Waals surface area contributed by atoms with Crippen molar-refractivity contribution in [2.45, 2.75) is 36.7 Å². The van der Waals surface area contributed by atoms with Gasteiger partial charge in [0.25, 0.3) is 0 Å². The standard InChI is InChI=1S/C14H19N3O2S2/c15-8-13-7-14(9-17(13)12-1-2-12)21(18,19)16-5-3-11-4-6-20-10-11/h4,6-7,9-10,12,16H,1-3,5,8,15H2. The Labute approximate surface area is 128 Å². The molecule has 7 heteroatoms. The van der Waals surface area contributed by atoms with Gasteiger partial charge in [-0.25, -0.2) is 13.1 Å². The normalized spacial score (nSPS) is 15.5. The van der Waals surface area contributed by atoms with Crippen LogP contribution in [-0.4, -0.2) is 19.5 Å². The van der Waals surface area contributed by atoms with Crippen LogP contribution in [0.4, 0.5) is 0 Å². The molecule has 0 amide bonds. The zero-order valence-corrected chi connectivity index (χ0v) is 13.3. The van der Waals surface area contributed by atoms with Crippen molar-refractivity contribution in [3.63, 3.8) is 0 Å². The molecule has 2 heterocycles. The number of sulfonamides is 1. The molecule has 114 valence electrons. The molecule has 1 saturated carbocycles. The molecule has 1 fully saturated rings. The van der Waals surface area contributed by atoms with E-state index >= 15 is 0 Å². The molecule has 0 spiro atoms. The number of nitrogens with two attached hydrogens (primary N) is 1. The molecule has 0 saturated heterocycles. The van der Waals surface area contributed by atoms with Gasteiger partial charge in [-0.15, -0.1) is 0 Å². The Bertz CT molecular complexity index is 701. The van der Waals surface area contributed by atoms with Crippen molar-refractivity contribution >= 4 is 21.4 Å². The Morgan fingerprint density at radius 2 is 2.24 bits per heavy atom. The summed E-state index contributed by atoms with van der Waals surface area (Å²) in [5, 5.41) is 4.03. The second kappa shape index (κ2) is 5.92. The number of rotatable bonds is 7. The Morgan fingerprint density at radius 1 is 1.43 bits per heavy atom. The molecule has 1 aliphatic carbocycles. The molecule has 0 radical (unpaired) electrons. The van der Waals surface area contributed by atoms with Crippen molar-refractivity contribution in [3.8, 4) is 0 Å². The summed E-state index contributed by atoms with van der Waals surface area (Å²) < 4.78 is 29.3. The number of thiophene rings is 1. The molecule has 3 rings (SSSR count). The summed E-state index contributed by atoms with van der Waals surface area (Å²) in [5.74, 6) is 0. The SMILES string of the molecule is NCc1cc(S(=O)(=O)NCCc2ccsc2)cn1C1CC1. The van der Waals surface area contributed by atoms with Gasteiger partial charge in [-0.1, -0.05) is 0 Å². The first-order chi connectivity index (χ1) is 10.1. The highest BCUT2D eigenvalue weighted by Gasteiger charge is 2.27. The number of nitrogens with zero attached hydrogens (tertiary/aromatic N) is 1. The molecule has 0 unspecified atom stereocenters. The van der Waals surface area contributed by atoms with Crippen LogP contribution in [0.3, 0.4) is 0 Å². The third kappa shape index (κ3) is 3.37. The largest absolute Gasteiger partial charge is 0.346 e. The summed E-state index contributed by atoms with van der Waals surface area (Å²) in [6.45, 7) is 0.770. The predicted molar refractivity (Wildman–Crippen MR) is 83.8 cm³/mol. The fraction of sp³-hybridized carbons (Fsp3) is 0.429. The van der Waals surface area contributed by atoms with E-state index < -0.39 is 10.0 Å². The lowest BCUT2D eigenvalue weighted by Crippen LogP contribution is -2.25. The summed E-state index contributed by atoms with van der Waals surface area (Å²) >= 11 is 1.62. The maximum atomic E-state index is 12.3. The summed E-state index contributed by atoms with van der Waals surface area (Å²) in [7, 11) is -3.45. The lowest BCUT2D eigenvalue weighted by molar-refractivity contribution is 0.581. The van der Waals surface area contributed by atoms with E-state index in [1.54, 1.807) is 23.6 Å². The van der Waals surface area contributed by atoms with E-state index in [4.69, 9.17) is 5.73 Å². The molecule has 2 aromatic rings. The van der Waals surface area contributed by atoms with E-state index in [1.807, 2.05) is 21.4 Å². The van der Waals surface area contributed by atoms with E-state index in [0.717, 1.165) is 24.1 Å². The Hall–Kier alpha value is -1.15. The summed E-state index contributed by atoms with van der Waals surface area (Å²) in [6, 6.07) is 4.12. The number of nitrogens with one attached hydrogen (secondary N) is 1. The quantitative estimate of drug-likeness (QED) is 0.816. The van der Waals surface area contributed by atoms with E-state index in [2.05, 4.69) is 4.72 Å². The van der Waals surface area contributed by atoms with Crippen LogP contribution in [-0.2, 0) is 23.0 Å². The number of hydrogen-bond acceptors (Lipinski definition) is 4. The zero-order chi connectivity index (χ0) is 14.9.